The monoisotopic (exact) mass is 321 g/mol. The first kappa shape index (κ1) is 17.2. The van der Waals surface area contributed by atoms with Gasteiger partial charge in [0.15, 0.2) is 5.78 Å². The van der Waals surface area contributed by atoms with E-state index in [1.807, 2.05) is 42.5 Å². The van der Waals surface area contributed by atoms with Crippen molar-refractivity contribution in [1.29, 1.82) is 0 Å². The molecule has 3 aromatic rings. The number of nitrogens with one attached hydrogen (secondary N) is 1. The van der Waals surface area contributed by atoms with Crippen molar-refractivity contribution >= 4 is 28.2 Å². The van der Waals surface area contributed by atoms with Crippen molar-refractivity contribution in [3.63, 3.8) is 0 Å². The molecule has 0 amide bonds. The fourth-order valence-electron chi connectivity index (χ4n) is 2.42. The van der Waals surface area contributed by atoms with E-state index in [0.29, 0.717) is 11.3 Å². The second-order valence-electron chi connectivity index (χ2n) is 5.18. The van der Waals surface area contributed by atoms with Gasteiger partial charge in [0.25, 0.3) is 0 Å². The highest BCUT2D eigenvalue weighted by Crippen LogP contribution is 2.18. The number of carboxylic acids is 1. The number of carboxylic acid groups (broad SMARTS) is 1. The molecule has 0 aliphatic heterocycles. The second kappa shape index (κ2) is 7.92. The van der Waals surface area contributed by atoms with Crippen LogP contribution in [0.5, 0.6) is 0 Å². The quantitative estimate of drug-likeness (QED) is 0.699. The Kier molecular flexibility index (Phi) is 5.68. The molecule has 0 spiro atoms. The van der Waals surface area contributed by atoms with Gasteiger partial charge in [0, 0.05) is 18.3 Å². The minimum absolute atomic E-state index is 0.122. The third-order valence-corrected chi connectivity index (χ3v) is 3.60. The number of aromatic carboxylic acids is 1. The molecule has 0 heterocycles. The highest BCUT2D eigenvalue weighted by molar-refractivity contribution is 6.06. The van der Waals surface area contributed by atoms with Crippen LogP contribution >= 0.6 is 0 Å². The summed E-state index contributed by atoms with van der Waals surface area (Å²) in [5.74, 6) is -0.785. The molecule has 3 rings (SSSR count). The third-order valence-electron chi connectivity index (χ3n) is 3.60. The van der Waals surface area contributed by atoms with E-state index in [1.165, 1.54) is 0 Å². The average Bonchev–Trinajstić information content (AvgIpc) is 2.61. The molecule has 0 aliphatic carbocycles. The van der Waals surface area contributed by atoms with E-state index < -0.39 is 5.97 Å². The molecule has 0 saturated carbocycles. The van der Waals surface area contributed by atoms with Crippen molar-refractivity contribution in [1.82, 2.24) is 0 Å². The van der Waals surface area contributed by atoms with Gasteiger partial charge >= 0.3 is 5.97 Å². The number of hydrogen-bond donors (Lipinski definition) is 2. The lowest BCUT2D eigenvalue weighted by atomic mass is 10.0. The maximum Gasteiger partial charge on any atom is 0.337 e. The van der Waals surface area contributed by atoms with E-state index in [4.69, 9.17) is 5.11 Å². The molecule has 0 aliphatic rings. The Balaban J connectivity index is 0.000000177. The molecule has 4 nitrogen and oxygen atoms in total. The molecule has 0 radical (unpaired) electrons. The highest BCUT2D eigenvalue weighted by atomic mass is 16.4. The number of carbonyl (C=O) groups excluding carboxylic acids is 1. The Morgan fingerprint density at radius 1 is 0.833 bits per heavy atom. The molecule has 3 aromatic carbocycles. The summed E-state index contributed by atoms with van der Waals surface area (Å²) in [5, 5.41) is 13.6. The van der Waals surface area contributed by atoms with Crippen molar-refractivity contribution in [3.05, 3.63) is 77.9 Å². The van der Waals surface area contributed by atoms with Crippen molar-refractivity contribution in [3.8, 4) is 0 Å². The van der Waals surface area contributed by atoms with Gasteiger partial charge in [-0.15, -0.1) is 0 Å². The topological polar surface area (TPSA) is 66.4 Å². The molecule has 0 atom stereocenters. The third kappa shape index (κ3) is 3.98. The standard InChI is InChI=1S/C12H10O.C8H9NO2/c1-9(13)11-8-4-6-10-5-2-3-7-12(10)11;1-9-7-5-3-2-4-6(7)8(10)11/h2-8H,1H3;2-5,9H,1H3,(H,10,11). The van der Waals surface area contributed by atoms with Crippen molar-refractivity contribution in [2.75, 3.05) is 12.4 Å². The van der Waals surface area contributed by atoms with Gasteiger partial charge in [0.2, 0.25) is 0 Å². The van der Waals surface area contributed by atoms with Crippen LogP contribution in [-0.2, 0) is 0 Å². The van der Waals surface area contributed by atoms with Crippen LogP contribution in [0.4, 0.5) is 5.69 Å². The highest BCUT2D eigenvalue weighted by Gasteiger charge is 2.05. The molecule has 0 saturated heterocycles. The van der Waals surface area contributed by atoms with E-state index in [-0.39, 0.29) is 5.78 Å². The summed E-state index contributed by atoms with van der Waals surface area (Å²) in [6, 6.07) is 20.5. The number of para-hydroxylation sites is 1. The summed E-state index contributed by atoms with van der Waals surface area (Å²) >= 11 is 0. The smallest absolute Gasteiger partial charge is 0.337 e. The van der Waals surface area contributed by atoms with E-state index in [9.17, 15) is 9.59 Å². The number of benzene rings is 3. The van der Waals surface area contributed by atoms with Crippen LogP contribution in [0.2, 0.25) is 0 Å². The normalized spacial score (nSPS) is 9.75. The van der Waals surface area contributed by atoms with Crippen LogP contribution in [0.15, 0.2) is 66.7 Å². The zero-order valence-electron chi connectivity index (χ0n) is 13.6. The second-order valence-corrected chi connectivity index (χ2v) is 5.18. The summed E-state index contributed by atoms with van der Waals surface area (Å²) in [7, 11) is 1.70. The molecule has 0 bridgehead atoms. The van der Waals surface area contributed by atoms with Gasteiger partial charge in [-0.25, -0.2) is 4.79 Å². The Hall–Kier alpha value is -3.14. The van der Waals surface area contributed by atoms with Crippen LogP contribution < -0.4 is 5.32 Å². The van der Waals surface area contributed by atoms with Crippen molar-refractivity contribution in [2.24, 2.45) is 0 Å². The number of carbonyl (C=O) groups is 2. The molecule has 24 heavy (non-hydrogen) atoms. The summed E-state index contributed by atoms with van der Waals surface area (Å²) in [6.07, 6.45) is 0. The molecule has 2 N–H and O–H groups in total. The van der Waals surface area contributed by atoms with Gasteiger partial charge in [-0.05, 0) is 29.8 Å². The van der Waals surface area contributed by atoms with Gasteiger partial charge in [-0.1, -0.05) is 54.6 Å². The summed E-state index contributed by atoms with van der Waals surface area (Å²) in [4.78, 5) is 21.8. The van der Waals surface area contributed by atoms with E-state index >= 15 is 0 Å². The first-order chi connectivity index (χ1) is 11.5. The van der Waals surface area contributed by atoms with Crippen molar-refractivity contribution in [2.45, 2.75) is 6.92 Å². The van der Waals surface area contributed by atoms with Gasteiger partial charge in [0.1, 0.15) is 0 Å². The Labute approximate surface area is 140 Å². The molecule has 0 unspecified atom stereocenters. The fraction of sp³-hybridized carbons (Fsp3) is 0.100. The van der Waals surface area contributed by atoms with Gasteiger partial charge < -0.3 is 10.4 Å². The van der Waals surface area contributed by atoms with E-state index in [1.54, 1.807) is 38.2 Å². The summed E-state index contributed by atoms with van der Waals surface area (Å²) in [6.45, 7) is 1.60. The molecule has 4 heteroatoms. The lowest BCUT2D eigenvalue weighted by Crippen LogP contribution is -2.01. The molecule has 0 fully saturated rings. The SMILES string of the molecule is CC(=O)c1cccc2ccccc12.CNc1ccccc1C(=O)O. The number of Topliss-reactive ketones (excluding diaryl/α,β-unsaturated/α-hetero) is 1. The Bertz CT molecular complexity index is 866. The van der Waals surface area contributed by atoms with E-state index in [0.717, 1.165) is 16.3 Å². The number of anilines is 1. The van der Waals surface area contributed by atoms with Crippen LogP contribution in [-0.4, -0.2) is 23.9 Å². The largest absolute Gasteiger partial charge is 0.478 e. The lowest BCUT2D eigenvalue weighted by Gasteiger charge is -2.02. The van der Waals surface area contributed by atoms with Gasteiger partial charge in [-0.3, -0.25) is 4.79 Å². The van der Waals surface area contributed by atoms with Crippen LogP contribution in [0.1, 0.15) is 27.6 Å². The fourth-order valence-corrected chi connectivity index (χ4v) is 2.42. The minimum Gasteiger partial charge on any atom is -0.478 e. The first-order valence-electron chi connectivity index (χ1n) is 7.53. The molecule has 122 valence electrons. The summed E-state index contributed by atoms with van der Waals surface area (Å²) in [5.41, 5.74) is 1.74. The first-order valence-corrected chi connectivity index (χ1v) is 7.53. The van der Waals surface area contributed by atoms with Crippen molar-refractivity contribution < 1.29 is 14.7 Å². The number of rotatable bonds is 3. The molecule has 0 aromatic heterocycles. The predicted octanol–water partition coefficient (Wildman–Crippen LogP) is 4.47. The maximum absolute atomic E-state index is 11.3. The van der Waals surface area contributed by atoms with Gasteiger partial charge in [-0.2, -0.15) is 0 Å². The summed E-state index contributed by atoms with van der Waals surface area (Å²) < 4.78 is 0. The lowest BCUT2D eigenvalue weighted by molar-refractivity contribution is 0.0697. The van der Waals surface area contributed by atoms with Crippen LogP contribution in [0.25, 0.3) is 10.8 Å². The predicted molar refractivity (Wildman–Crippen MR) is 96.9 cm³/mol. The molecular weight excluding hydrogens is 302 g/mol. The zero-order chi connectivity index (χ0) is 17.5. The Morgan fingerprint density at radius 2 is 1.42 bits per heavy atom. The van der Waals surface area contributed by atoms with Crippen LogP contribution in [0, 0.1) is 0 Å². The van der Waals surface area contributed by atoms with Crippen LogP contribution in [0.3, 0.4) is 0 Å². The minimum atomic E-state index is -0.907. The number of fused-ring (bicyclic) bond motifs is 1. The molecular formula is C20H19NO3. The number of ketones is 1. The number of hydrogen-bond acceptors (Lipinski definition) is 3. The average molecular weight is 321 g/mol. The zero-order valence-corrected chi connectivity index (χ0v) is 13.6. The van der Waals surface area contributed by atoms with E-state index in [2.05, 4.69) is 5.32 Å². The van der Waals surface area contributed by atoms with Gasteiger partial charge in [0.05, 0.1) is 5.56 Å². The maximum atomic E-state index is 11.3. The Morgan fingerprint density at radius 3 is 2.04 bits per heavy atom.